The number of rotatable bonds is 5. The molecule has 2 fully saturated rings. The van der Waals surface area contributed by atoms with Crippen LogP contribution in [-0.2, 0) is 9.53 Å². The molecule has 144 valence electrons. The molecule has 0 aromatic heterocycles. The molecule has 2 aliphatic rings. The third-order valence-corrected chi connectivity index (χ3v) is 6.66. The highest BCUT2D eigenvalue weighted by molar-refractivity contribution is 8.00. The number of benzene rings is 1. The molecule has 1 aliphatic heterocycles. The summed E-state index contributed by atoms with van der Waals surface area (Å²) in [5.74, 6) is 0.961. The molecule has 26 heavy (non-hydrogen) atoms. The zero-order valence-electron chi connectivity index (χ0n) is 15.8. The van der Waals surface area contributed by atoms with Crippen LogP contribution in [0.15, 0.2) is 18.2 Å². The number of carbonyl (C=O) groups is 1. The van der Waals surface area contributed by atoms with Crippen molar-refractivity contribution < 1.29 is 13.9 Å². The van der Waals surface area contributed by atoms with Crippen molar-refractivity contribution in [1.29, 1.82) is 0 Å². The van der Waals surface area contributed by atoms with E-state index in [0.717, 1.165) is 24.2 Å². The van der Waals surface area contributed by atoms with E-state index < -0.39 is 11.9 Å². The van der Waals surface area contributed by atoms with Gasteiger partial charge in [0.05, 0.1) is 17.7 Å². The minimum Gasteiger partial charge on any atom is -0.366 e. The van der Waals surface area contributed by atoms with Gasteiger partial charge in [-0.25, -0.2) is 4.39 Å². The number of nitrogens with zero attached hydrogens (tertiary/aromatic N) is 1. The second kappa shape index (κ2) is 7.69. The van der Waals surface area contributed by atoms with Gasteiger partial charge in [-0.2, -0.15) is 11.8 Å². The number of hydrogen-bond acceptors (Lipinski definition) is 3. The summed E-state index contributed by atoms with van der Waals surface area (Å²) in [4.78, 5) is 15.0. The molecule has 0 radical (unpaired) electrons. The molecule has 0 bridgehead atoms. The molecule has 1 amide bonds. The van der Waals surface area contributed by atoms with Crippen LogP contribution < -0.4 is 0 Å². The highest BCUT2D eigenvalue weighted by atomic mass is 35.5. The quantitative estimate of drug-likeness (QED) is 0.691. The van der Waals surface area contributed by atoms with Crippen LogP contribution in [0.4, 0.5) is 4.39 Å². The summed E-state index contributed by atoms with van der Waals surface area (Å²) in [6, 6.07) is 4.69. The zero-order valence-corrected chi connectivity index (χ0v) is 17.4. The zero-order chi connectivity index (χ0) is 19.1. The number of ether oxygens (including phenoxy) is 1. The van der Waals surface area contributed by atoms with Gasteiger partial charge in [0.1, 0.15) is 11.9 Å². The molecular weight excluding hydrogens is 373 g/mol. The van der Waals surface area contributed by atoms with Gasteiger partial charge in [-0.15, -0.1) is 0 Å². The Morgan fingerprint density at radius 3 is 2.65 bits per heavy atom. The van der Waals surface area contributed by atoms with Crippen molar-refractivity contribution in [2.45, 2.75) is 63.5 Å². The summed E-state index contributed by atoms with van der Waals surface area (Å²) in [5.41, 5.74) is 0.749. The summed E-state index contributed by atoms with van der Waals surface area (Å²) in [5, 5.41) is 0.0961. The van der Waals surface area contributed by atoms with Crippen molar-refractivity contribution in [1.82, 2.24) is 4.90 Å². The van der Waals surface area contributed by atoms with E-state index in [2.05, 4.69) is 20.8 Å². The van der Waals surface area contributed by atoms with Crippen molar-refractivity contribution in [3.63, 3.8) is 0 Å². The van der Waals surface area contributed by atoms with Crippen LogP contribution in [-0.4, -0.2) is 40.1 Å². The summed E-state index contributed by atoms with van der Waals surface area (Å²) in [7, 11) is 0. The molecule has 3 nitrogen and oxygen atoms in total. The highest BCUT2D eigenvalue weighted by Gasteiger charge is 2.45. The summed E-state index contributed by atoms with van der Waals surface area (Å²) >= 11 is 7.72. The smallest absolute Gasteiger partial charge is 0.252 e. The van der Waals surface area contributed by atoms with Crippen LogP contribution in [0, 0.1) is 11.7 Å². The number of morpholine rings is 1. The monoisotopic (exact) mass is 399 g/mol. The van der Waals surface area contributed by atoms with E-state index in [-0.39, 0.29) is 27.8 Å². The molecule has 0 N–H and O–H groups in total. The highest BCUT2D eigenvalue weighted by Crippen LogP contribution is 2.43. The Hall–Kier alpha value is -0.780. The van der Waals surface area contributed by atoms with Crippen molar-refractivity contribution in [3.8, 4) is 0 Å². The van der Waals surface area contributed by atoms with Crippen LogP contribution in [0.2, 0.25) is 5.02 Å². The first-order valence-corrected chi connectivity index (χ1v) is 10.6. The lowest BCUT2D eigenvalue weighted by Crippen LogP contribution is -2.54. The van der Waals surface area contributed by atoms with Crippen LogP contribution in [0.3, 0.4) is 0 Å². The van der Waals surface area contributed by atoms with Gasteiger partial charge >= 0.3 is 0 Å². The Kier molecular flexibility index (Phi) is 5.90. The maximum Gasteiger partial charge on any atom is 0.252 e. The van der Waals surface area contributed by atoms with E-state index in [1.54, 1.807) is 19.1 Å². The molecule has 3 atom stereocenters. The van der Waals surface area contributed by atoms with E-state index in [9.17, 15) is 9.18 Å². The molecule has 6 heteroatoms. The summed E-state index contributed by atoms with van der Waals surface area (Å²) in [6.45, 7) is 8.76. The Morgan fingerprint density at radius 2 is 2.08 bits per heavy atom. The Morgan fingerprint density at radius 1 is 1.38 bits per heavy atom. The fourth-order valence-corrected chi connectivity index (χ4v) is 4.60. The maximum absolute atomic E-state index is 14.0. The molecule has 3 unspecified atom stereocenters. The van der Waals surface area contributed by atoms with E-state index in [4.69, 9.17) is 16.3 Å². The minimum atomic E-state index is -0.456. The van der Waals surface area contributed by atoms with Gasteiger partial charge < -0.3 is 9.64 Å². The fraction of sp³-hybridized carbons (Fsp3) is 0.650. The SMILES string of the molecule is CC1OCC(c2ccc(Cl)c(F)c2)N(C(CSC(C)(C)C)C2CC2)C1=O. The fourth-order valence-electron chi connectivity index (χ4n) is 3.38. The van der Waals surface area contributed by atoms with Crippen LogP contribution >= 0.6 is 23.4 Å². The number of halogens is 2. The Bertz CT molecular complexity index is 674. The van der Waals surface area contributed by atoms with Gasteiger partial charge in [-0.1, -0.05) is 38.4 Å². The van der Waals surface area contributed by atoms with Gasteiger partial charge in [0.25, 0.3) is 5.91 Å². The Labute approximate surface area is 164 Å². The second-order valence-corrected chi connectivity index (χ2v) is 10.5. The van der Waals surface area contributed by atoms with E-state index in [1.807, 2.05) is 16.7 Å². The first-order chi connectivity index (χ1) is 12.2. The lowest BCUT2D eigenvalue weighted by atomic mass is 9.99. The molecular formula is C20H27ClFNO2S. The topological polar surface area (TPSA) is 29.5 Å². The predicted octanol–water partition coefficient (Wildman–Crippen LogP) is 5.08. The Balaban J connectivity index is 1.91. The second-order valence-electron chi connectivity index (χ2n) is 8.24. The first-order valence-electron chi connectivity index (χ1n) is 9.20. The third kappa shape index (κ3) is 4.55. The van der Waals surface area contributed by atoms with Gasteiger partial charge in [-0.05, 0) is 43.4 Å². The molecule has 1 saturated carbocycles. The average Bonchev–Trinajstić information content (AvgIpc) is 3.38. The molecule has 1 aromatic rings. The standard InChI is InChI=1S/C20H27ClFNO2S/c1-12-19(24)23(18(13-5-6-13)11-26-20(2,3)4)17(10-25-12)14-7-8-15(21)16(22)9-14/h7-9,12-13,17-18H,5-6,10-11H2,1-4H3. The number of hydrogen-bond donors (Lipinski definition) is 0. The lowest BCUT2D eigenvalue weighted by molar-refractivity contribution is -0.162. The minimum absolute atomic E-state index is 0.00279. The van der Waals surface area contributed by atoms with Gasteiger partial charge in [0.15, 0.2) is 0 Å². The third-order valence-electron chi connectivity index (χ3n) is 4.98. The summed E-state index contributed by atoms with van der Waals surface area (Å²) < 4.78 is 19.9. The van der Waals surface area contributed by atoms with Gasteiger partial charge in [0, 0.05) is 16.5 Å². The molecule has 1 heterocycles. The lowest BCUT2D eigenvalue weighted by Gasteiger charge is -2.44. The average molecular weight is 400 g/mol. The molecule has 0 spiro atoms. The summed E-state index contributed by atoms with van der Waals surface area (Å²) in [6.07, 6.45) is 1.84. The maximum atomic E-state index is 14.0. The van der Waals surface area contributed by atoms with Gasteiger partial charge in [0.2, 0.25) is 0 Å². The van der Waals surface area contributed by atoms with Crippen molar-refractivity contribution in [2.75, 3.05) is 12.4 Å². The van der Waals surface area contributed by atoms with Crippen molar-refractivity contribution >= 4 is 29.3 Å². The molecule has 1 saturated heterocycles. The predicted molar refractivity (Wildman–Crippen MR) is 105 cm³/mol. The van der Waals surface area contributed by atoms with E-state index >= 15 is 0 Å². The normalized spacial score (nSPS) is 25.5. The molecule has 1 aromatic carbocycles. The molecule has 3 rings (SSSR count). The van der Waals surface area contributed by atoms with Crippen molar-refractivity contribution in [3.05, 3.63) is 34.6 Å². The number of thioether (sulfide) groups is 1. The first kappa shape index (κ1) is 20.0. The van der Waals surface area contributed by atoms with Crippen LogP contribution in [0.25, 0.3) is 0 Å². The largest absolute Gasteiger partial charge is 0.366 e. The van der Waals surface area contributed by atoms with Crippen LogP contribution in [0.5, 0.6) is 0 Å². The van der Waals surface area contributed by atoms with Crippen molar-refractivity contribution in [2.24, 2.45) is 5.92 Å². The van der Waals surface area contributed by atoms with Gasteiger partial charge in [-0.3, -0.25) is 4.79 Å². The number of carbonyl (C=O) groups excluding carboxylic acids is 1. The molecule has 1 aliphatic carbocycles. The number of amides is 1. The van der Waals surface area contributed by atoms with E-state index in [0.29, 0.717) is 12.5 Å². The van der Waals surface area contributed by atoms with Crippen LogP contribution in [0.1, 0.15) is 52.1 Å². The van der Waals surface area contributed by atoms with E-state index in [1.165, 1.54) is 6.07 Å².